The molecule has 1 aromatic carbocycles. The van der Waals surface area contributed by atoms with Gasteiger partial charge in [0.2, 0.25) is 0 Å². The van der Waals surface area contributed by atoms with Gasteiger partial charge < -0.3 is 4.90 Å². The fourth-order valence-electron chi connectivity index (χ4n) is 3.29. The first kappa shape index (κ1) is 16.3. The standard InChI is InChI=1S/C20H17FN4O/c1-13-17-10-16(21)6-5-14(17)7-9-25(13)20(26)15-11-23-19(24-12-15)18-4-2-3-8-22-18/h2-6,8,10-13H,7,9H2,1H3/t13-/m0/s1. The van der Waals surface area contributed by atoms with Gasteiger partial charge in [0.15, 0.2) is 5.82 Å². The predicted molar refractivity (Wildman–Crippen MR) is 94.8 cm³/mol. The van der Waals surface area contributed by atoms with E-state index in [2.05, 4.69) is 15.0 Å². The van der Waals surface area contributed by atoms with Crippen molar-refractivity contribution in [1.82, 2.24) is 19.9 Å². The molecular formula is C20H17FN4O. The quantitative estimate of drug-likeness (QED) is 0.712. The van der Waals surface area contributed by atoms with Crippen molar-refractivity contribution in [2.45, 2.75) is 19.4 Å². The molecule has 0 saturated heterocycles. The summed E-state index contributed by atoms with van der Waals surface area (Å²) < 4.78 is 13.6. The number of nitrogens with zero attached hydrogens (tertiary/aromatic N) is 4. The maximum atomic E-state index is 13.6. The van der Waals surface area contributed by atoms with E-state index in [0.29, 0.717) is 30.0 Å². The molecule has 26 heavy (non-hydrogen) atoms. The normalized spacial score (nSPS) is 16.2. The van der Waals surface area contributed by atoms with E-state index in [1.54, 1.807) is 17.2 Å². The summed E-state index contributed by atoms with van der Waals surface area (Å²) in [5.41, 5.74) is 3.01. The van der Waals surface area contributed by atoms with Crippen LogP contribution in [0.15, 0.2) is 55.0 Å². The summed E-state index contributed by atoms with van der Waals surface area (Å²) in [5, 5.41) is 0. The molecule has 1 amide bonds. The Morgan fingerprint density at radius 3 is 2.69 bits per heavy atom. The van der Waals surface area contributed by atoms with E-state index < -0.39 is 0 Å². The average Bonchev–Trinajstić information content (AvgIpc) is 2.69. The Morgan fingerprint density at radius 1 is 1.15 bits per heavy atom. The van der Waals surface area contributed by atoms with Crippen molar-refractivity contribution in [2.75, 3.05) is 6.54 Å². The fraction of sp³-hybridized carbons (Fsp3) is 0.200. The zero-order valence-corrected chi connectivity index (χ0v) is 14.3. The monoisotopic (exact) mass is 348 g/mol. The van der Waals surface area contributed by atoms with Crippen LogP contribution in [0.1, 0.15) is 34.5 Å². The summed E-state index contributed by atoms with van der Waals surface area (Å²) in [7, 11) is 0. The Bertz CT molecular complexity index is 944. The van der Waals surface area contributed by atoms with E-state index in [-0.39, 0.29) is 17.8 Å². The number of amides is 1. The molecule has 130 valence electrons. The zero-order chi connectivity index (χ0) is 18.1. The Balaban J connectivity index is 1.58. The van der Waals surface area contributed by atoms with Crippen LogP contribution in [0.3, 0.4) is 0 Å². The maximum absolute atomic E-state index is 13.6. The number of carbonyl (C=O) groups excluding carboxylic acids is 1. The van der Waals surface area contributed by atoms with Gasteiger partial charge in [-0.15, -0.1) is 0 Å². The highest BCUT2D eigenvalue weighted by atomic mass is 19.1. The Labute approximate surface area is 150 Å². The van der Waals surface area contributed by atoms with E-state index in [1.165, 1.54) is 24.5 Å². The summed E-state index contributed by atoms with van der Waals surface area (Å²) in [4.78, 5) is 27.4. The molecule has 0 saturated carbocycles. The first-order chi connectivity index (χ1) is 12.6. The Hall–Kier alpha value is -3.15. The van der Waals surface area contributed by atoms with Crippen LogP contribution < -0.4 is 0 Å². The van der Waals surface area contributed by atoms with Gasteiger partial charge in [0.25, 0.3) is 5.91 Å². The van der Waals surface area contributed by atoms with Crippen LogP contribution in [0.25, 0.3) is 11.5 Å². The molecule has 1 aliphatic rings. The lowest BCUT2D eigenvalue weighted by molar-refractivity contribution is 0.0676. The van der Waals surface area contributed by atoms with E-state index in [1.807, 2.05) is 25.1 Å². The molecule has 4 rings (SSSR count). The minimum atomic E-state index is -0.284. The van der Waals surface area contributed by atoms with Gasteiger partial charge in [0.05, 0.1) is 11.6 Å². The molecule has 0 N–H and O–H groups in total. The molecule has 5 nitrogen and oxygen atoms in total. The van der Waals surface area contributed by atoms with Crippen molar-refractivity contribution in [3.63, 3.8) is 0 Å². The first-order valence-corrected chi connectivity index (χ1v) is 8.46. The van der Waals surface area contributed by atoms with E-state index >= 15 is 0 Å². The largest absolute Gasteiger partial charge is 0.331 e. The number of fused-ring (bicyclic) bond motifs is 1. The highest BCUT2D eigenvalue weighted by Crippen LogP contribution is 2.31. The van der Waals surface area contributed by atoms with Crippen LogP contribution in [-0.4, -0.2) is 32.3 Å². The van der Waals surface area contributed by atoms with Gasteiger partial charge in [0, 0.05) is 25.1 Å². The average molecular weight is 348 g/mol. The molecule has 0 spiro atoms. The summed E-state index contributed by atoms with van der Waals surface area (Å²) in [6.07, 6.45) is 5.42. The van der Waals surface area contributed by atoms with Gasteiger partial charge in [-0.1, -0.05) is 12.1 Å². The van der Waals surface area contributed by atoms with Gasteiger partial charge in [-0.2, -0.15) is 0 Å². The minimum absolute atomic E-state index is 0.153. The van der Waals surface area contributed by atoms with Crippen molar-refractivity contribution in [2.24, 2.45) is 0 Å². The second kappa shape index (κ2) is 6.63. The lowest BCUT2D eigenvalue weighted by Gasteiger charge is -2.35. The van der Waals surface area contributed by atoms with Crippen LogP contribution >= 0.6 is 0 Å². The third-order valence-corrected chi connectivity index (χ3v) is 4.70. The molecular weight excluding hydrogens is 331 g/mol. The fourth-order valence-corrected chi connectivity index (χ4v) is 3.29. The number of rotatable bonds is 2. The van der Waals surface area contributed by atoms with E-state index in [0.717, 1.165) is 11.1 Å². The van der Waals surface area contributed by atoms with Crippen molar-refractivity contribution in [3.05, 3.63) is 77.5 Å². The summed E-state index contributed by atoms with van der Waals surface area (Å²) >= 11 is 0. The van der Waals surface area contributed by atoms with Crippen LogP contribution in [-0.2, 0) is 6.42 Å². The summed E-state index contributed by atoms with van der Waals surface area (Å²) in [6, 6.07) is 10.1. The number of hydrogen-bond donors (Lipinski definition) is 0. The molecule has 3 aromatic rings. The Morgan fingerprint density at radius 2 is 1.96 bits per heavy atom. The van der Waals surface area contributed by atoms with Crippen LogP contribution in [0.2, 0.25) is 0 Å². The predicted octanol–water partition coefficient (Wildman–Crippen LogP) is 3.44. The number of carbonyl (C=O) groups is 1. The van der Waals surface area contributed by atoms with E-state index in [4.69, 9.17) is 0 Å². The topological polar surface area (TPSA) is 59.0 Å². The number of aromatic nitrogens is 3. The zero-order valence-electron chi connectivity index (χ0n) is 14.3. The second-order valence-electron chi connectivity index (χ2n) is 6.28. The number of hydrogen-bond acceptors (Lipinski definition) is 4. The molecule has 0 bridgehead atoms. The number of benzene rings is 1. The third kappa shape index (κ3) is 2.94. The van der Waals surface area contributed by atoms with Gasteiger partial charge in [-0.25, -0.2) is 14.4 Å². The van der Waals surface area contributed by atoms with Crippen molar-refractivity contribution in [1.29, 1.82) is 0 Å². The number of pyridine rings is 1. The van der Waals surface area contributed by atoms with Crippen molar-refractivity contribution >= 4 is 5.91 Å². The molecule has 1 aliphatic heterocycles. The molecule has 0 aliphatic carbocycles. The molecule has 1 atom stereocenters. The van der Waals surface area contributed by atoms with Gasteiger partial charge in [-0.3, -0.25) is 9.78 Å². The third-order valence-electron chi connectivity index (χ3n) is 4.70. The Kier molecular flexibility index (Phi) is 4.16. The molecule has 0 unspecified atom stereocenters. The lowest BCUT2D eigenvalue weighted by Crippen LogP contribution is -2.39. The van der Waals surface area contributed by atoms with E-state index in [9.17, 15) is 9.18 Å². The lowest BCUT2D eigenvalue weighted by atomic mass is 9.93. The SMILES string of the molecule is C[C@H]1c2cc(F)ccc2CCN1C(=O)c1cnc(-c2ccccn2)nc1. The summed E-state index contributed by atoms with van der Waals surface area (Å²) in [5.74, 6) is 0.0363. The van der Waals surface area contributed by atoms with Gasteiger partial charge in [0.1, 0.15) is 11.5 Å². The second-order valence-corrected chi connectivity index (χ2v) is 6.28. The molecule has 2 aromatic heterocycles. The maximum Gasteiger partial charge on any atom is 0.257 e. The highest BCUT2D eigenvalue weighted by molar-refractivity contribution is 5.94. The molecule has 6 heteroatoms. The van der Waals surface area contributed by atoms with Crippen LogP contribution in [0.4, 0.5) is 4.39 Å². The minimum Gasteiger partial charge on any atom is -0.331 e. The van der Waals surface area contributed by atoms with Crippen molar-refractivity contribution < 1.29 is 9.18 Å². The van der Waals surface area contributed by atoms with Crippen molar-refractivity contribution in [3.8, 4) is 11.5 Å². The van der Waals surface area contributed by atoms with Crippen LogP contribution in [0, 0.1) is 5.82 Å². The van der Waals surface area contributed by atoms with Gasteiger partial charge >= 0.3 is 0 Å². The first-order valence-electron chi connectivity index (χ1n) is 8.46. The summed E-state index contributed by atoms with van der Waals surface area (Å²) in [6.45, 7) is 2.50. The molecule has 0 radical (unpaired) electrons. The van der Waals surface area contributed by atoms with Crippen LogP contribution in [0.5, 0.6) is 0 Å². The van der Waals surface area contributed by atoms with Gasteiger partial charge in [-0.05, 0) is 48.7 Å². The highest BCUT2D eigenvalue weighted by Gasteiger charge is 2.29. The number of halogens is 1. The molecule has 0 fully saturated rings. The molecule has 3 heterocycles. The smallest absolute Gasteiger partial charge is 0.257 e.